The monoisotopic (exact) mass is 382 g/mol. The molecule has 3 rings (SSSR count). The van der Waals surface area contributed by atoms with Gasteiger partial charge in [-0.15, -0.1) is 0 Å². The molecule has 1 heterocycles. The number of anilines is 2. The molecule has 3 amide bonds. The minimum Gasteiger partial charge on any atom is -0.453 e. The Hall–Kier alpha value is -3.06. The predicted octanol–water partition coefficient (Wildman–Crippen LogP) is 3.60. The van der Waals surface area contributed by atoms with Gasteiger partial charge in [-0.3, -0.25) is 10.2 Å². The first kappa shape index (κ1) is 19.7. The first-order valence-electron chi connectivity index (χ1n) is 9.34. The molecule has 2 aromatic carbocycles. The standard InChI is InChI=1S/C21H26N4O3/c1-16-14-24(15-17-7-4-3-5-8-17)11-12-25(16)20(26)22-18-9-6-10-19(13-18)23-21(27)28-2/h3-10,13,16H,11-12,14-15H2,1-2H3,(H,22,26)(H,23,27). The third-order valence-electron chi connectivity index (χ3n) is 4.77. The van der Waals surface area contributed by atoms with E-state index in [4.69, 9.17) is 0 Å². The molecular formula is C21H26N4O3. The van der Waals surface area contributed by atoms with Crippen molar-refractivity contribution in [2.45, 2.75) is 19.5 Å². The van der Waals surface area contributed by atoms with Crippen molar-refractivity contribution in [3.05, 3.63) is 60.2 Å². The van der Waals surface area contributed by atoms with Crippen molar-refractivity contribution in [3.63, 3.8) is 0 Å². The Morgan fingerprint density at radius 1 is 1.04 bits per heavy atom. The van der Waals surface area contributed by atoms with Gasteiger partial charge in [0.05, 0.1) is 7.11 Å². The fourth-order valence-electron chi connectivity index (χ4n) is 3.36. The lowest BCUT2D eigenvalue weighted by Crippen LogP contribution is -2.54. The Morgan fingerprint density at radius 3 is 2.43 bits per heavy atom. The number of piperazine rings is 1. The maximum absolute atomic E-state index is 12.7. The molecule has 0 spiro atoms. The van der Waals surface area contributed by atoms with Crippen molar-refractivity contribution in [2.24, 2.45) is 0 Å². The van der Waals surface area contributed by atoms with Crippen LogP contribution >= 0.6 is 0 Å². The number of carbonyl (C=O) groups is 2. The summed E-state index contributed by atoms with van der Waals surface area (Å²) < 4.78 is 4.59. The smallest absolute Gasteiger partial charge is 0.411 e. The molecule has 0 aliphatic carbocycles. The largest absolute Gasteiger partial charge is 0.453 e. The number of rotatable bonds is 4. The van der Waals surface area contributed by atoms with Gasteiger partial charge in [0.15, 0.2) is 0 Å². The van der Waals surface area contributed by atoms with Crippen molar-refractivity contribution in [1.82, 2.24) is 9.80 Å². The minimum absolute atomic E-state index is 0.105. The quantitative estimate of drug-likeness (QED) is 0.847. The summed E-state index contributed by atoms with van der Waals surface area (Å²) in [6.07, 6.45) is -0.549. The Kier molecular flexibility index (Phi) is 6.49. The summed E-state index contributed by atoms with van der Waals surface area (Å²) >= 11 is 0. The van der Waals surface area contributed by atoms with Gasteiger partial charge in [0.25, 0.3) is 0 Å². The lowest BCUT2D eigenvalue weighted by Gasteiger charge is -2.39. The van der Waals surface area contributed by atoms with Gasteiger partial charge in [0, 0.05) is 43.6 Å². The molecule has 1 aliphatic rings. The molecule has 2 aromatic rings. The molecular weight excluding hydrogens is 356 g/mol. The molecule has 1 atom stereocenters. The average Bonchev–Trinajstić information content (AvgIpc) is 2.69. The first-order valence-corrected chi connectivity index (χ1v) is 9.34. The number of nitrogens with zero attached hydrogens (tertiary/aromatic N) is 2. The molecule has 1 unspecified atom stereocenters. The first-order chi connectivity index (χ1) is 13.5. The summed E-state index contributed by atoms with van der Waals surface area (Å²) in [5.74, 6) is 0. The van der Waals surface area contributed by atoms with E-state index in [0.717, 1.165) is 19.6 Å². The number of ether oxygens (including phenoxy) is 1. The number of methoxy groups -OCH3 is 1. The average molecular weight is 382 g/mol. The Balaban J connectivity index is 1.55. The second-order valence-electron chi connectivity index (χ2n) is 6.89. The zero-order valence-electron chi connectivity index (χ0n) is 16.2. The second kappa shape index (κ2) is 9.23. The summed E-state index contributed by atoms with van der Waals surface area (Å²) in [5, 5.41) is 5.50. The normalized spacial score (nSPS) is 17.1. The number of benzene rings is 2. The molecule has 7 heteroatoms. The van der Waals surface area contributed by atoms with Gasteiger partial charge in [0.2, 0.25) is 0 Å². The maximum Gasteiger partial charge on any atom is 0.411 e. The van der Waals surface area contributed by atoms with Gasteiger partial charge in [-0.1, -0.05) is 36.4 Å². The third kappa shape index (κ3) is 5.23. The molecule has 2 N–H and O–H groups in total. The van der Waals surface area contributed by atoms with E-state index in [1.54, 1.807) is 24.3 Å². The van der Waals surface area contributed by atoms with E-state index in [1.807, 2.05) is 23.1 Å². The maximum atomic E-state index is 12.7. The number of hydrogen-bond donors (Lipinski definition) is 2. The van der Waals surface area contributed by atoms with Crippen molar-refractivity contribution >= 4 is 23.5 Å². The number of carbonyl (C=O) groups excluding carboxylic acids is 2. The highest BCUT2D eigenvalue weighted by atomic mass is 16.5. The van der Waals surface area contributed by atoms with E-state index >= 15 is 0 Å². The van der Waals surface area contributed by atoms with Crippen LogP contribution in [-0.4, -0.2) is 54.7 Å². The van der Waals surface area contributed by atoms with E-state index in [1.165, 1.54) is 12.7 Å². The lowest BCUT2D eigenvalue weighted by molar-refractivity contribution is 0.104. The second-order valence-corrected chi connectivity index (χ2v) is 6.89. The van der Waals surface area contributed by atoms with Crippen LogP contribution in [-0.2, 0) is 11.3 Å². The van der Waals surface area contributed by atoms with Crippen molar-refractivity contribution < 1.29 is 14.3 Å². The molecule has 1 fully saturated rings. The zero-order valence-corrected chi connectivity index (χ0v) is 16.2. The van der Waals surface area contributed by atoms with Crippen LogP contribution in [0.4, 0.5) is 21.0 Å². The summed E-state index contributed by atoms with van der Waals surface area (Å²) in [7, 11) is 1.31. The van der Waals surface area contributed by atoms with E-state index in [-0.39, 0.29) is 12.1 Å². The van der Waals surface area contributed by atoms with E-state index in [2.05, 4.69) is 39.3 Å². The molecule has 28 heavy (non-hydrogen) atoms. The van der Waals surface area contributed by atoms with Crippen molar-refractivity contribution in [2.75, 3.05) is 37.4 Å². The van der Waals surface area contributed by atoms with Gasteiger partial charge in [-0.2, -0.15) is 0 Å². The van der Waals surface area contributed by atoms with Crippen molar-refractivity contribution in [1.29, 1.82) is 0 Å². The van der Waals surface area contributed by atoms with Crippen LogP contribution in [0, 0.1) is 0 Å². The molecule has 1 saturated heterocycles. The van der Waals surface area contributed by atoms with Crippen LogP contribution in [0.1, 0.15) is 12.5 Å². The number of nitrogens with one attached hydrogen (secondary N) is 2. The van der Waals surface area contributed by atoms with Crippen LogP contribution in [0.15, 0.2) is 54.6 Å². The highest BCUT2D eigenvalue weighted by Crippen LogP contribution is 2.18. The topological polar surface area (TPSA) is 73.9 Å². The zero-order chi connectivity index (χ0) is 19.9. The predicted molar refractivity (Wildman–Crippen MR) is 109 cm³/mol. The van der Waals surface area contributed by atoms with Gasteiger partial charge >= 0.3 is 12.1 Å². The summed E-state index contributed by atoms with van der Waals surface area (Å²) in [6.45, 7) is 5.27. The molecule has 0 radical (unpaired) electrons. The van der Waals surface area contributed by atoms with Crippen LogP contribution < -0.4 is 10.6 Å². The van der Waals surface area contributed by atoms with Gasteiger partial charge in [0.1, 0.15) is 0 Å². The fraction of sp³-hybridized carbons (Fsp3) is 0.333. The minimum atomic E-state index is -0.549. The van der Waals surface area contributed by atoms with E-state index < -0.39 is 6.09 Å². The summed E-state index contributed by atoms with van der Waals surface area (Å²) in [6, 6.07) is 17.3. The molecule has 7 nitrogen and oxygen atoms in total. The molecule has 0 saturated carbocycles. The number of hydrogen-bond acceptors (Lipinski definition) is 4. The molecule has 148 valence electrons. The van der Waals surface area contributed by atoms with Gasteiger partial charge in [-0.25, -0.2) is 9.59 Å². The van der Waals surface area contributed by atoms with Crippen LogP contribution in [0.5, 0.6) is 0 Å². The van der Waals surface area contributed by atoms with Crippen LogP contribution in [0.3, 0.4) is 0 Å². The van der Waals surface area contributed by atoms with Crippen LogP contribution in [0.2, 0.25) is 0 Å². The van der Waals surface area contributed by atoms with Gasteiger partial charge < -0.3 is 15.0 Å². The van der Waals surface area contributed by atoms with Crippen LogP contribution in [0.25, 0.3) is 0 Å². The Labute approximate surface area is 165 Å². The summed E-state index contributed by atoms with van der Waals surface area (Å²) in [5.41, 5.74) is 2.46. The number of amides is 3. The third-order valence-corrected chi connectivity index (χ3v) is 4.77. The number of urea groups is 1. The highest BCUT2D eigenvalue weighted by molar-refractivity contribution is 5.91. The van der Waals surface area contributed by atoms with Gasteiger partial charge in [-0.05, 0) is 30.7 Å². The van der Waals surface area contributed by atoms with E-state index in [0.29, 0.717) is 17.9 Å². The molecule has 0 bridgehead atoms. The highest BCUT2D eigenvalue weighted by Gasteiger charge is 2.27. The fourth-order valence-corrected chi connectivity index (χ4v) is 3.36. The molecule has 0 aromatic heterocycles. The van der Waals surface area contributed by atoms with E-state index in [9.17, 15) is 9.59 Å². The SMILES string of the molecule is COC(=O)Nc1cccc(NC(=O)N2CCN(Cc3ccccc3)CC2C)c1. The van der Waals surface area contributed by atoms with Crippen molar-refractivity contribution in [3.8, 4) is 0 Å². The molecule has 1 aliphatic heterocycles. The Bertz CT molecular complexity index is 812. The lowest BCUT2D eigenvalue weighted by atomic mass is 10.1. The summed E-state index contributed by atoms with van der Waals surface area (Å²) in [4.78, 5) is 28.3. The Morgan fingerprint density at radius 2 is 1.75 bits per heavy atom.